The number of rotatable bonds is 7. The average molecular weight is 489 g/mol. The van der Waals surface area contributed by atoms with Crippen LogP contribution in [0.15, 0.2) is 63.2 Å². The highest BCUT2D eigenvalue weighted by Gasteiger charge is 2.24. The molecule has 0 aliphatic heterocycles. The van der Waals surface area contributed by atoms with Gasteiger partial charge in [0.15, 0.2) is 5.69 Å². The number of benzene rings is 2. The number of nitrogen functional groups attached to an aromatic ring is 1. The van der Waals surface area contributed by atoms with Crippen LogP contribution in [0.3, 0.4) is 0 Å². The number of hydrogen-bond donors (Lipinski definition) is 2. The van der Waals surface area contributed by atoms with Gasteiger partial charge in [-0.1, -0.05) is 52.7 Å². The van der Waals surface area contributed by atoms with Gasteiger partial charge in [0.25, 0.3) is 5.91 Å². The minimum atomic E-state index is -0.564. The summed E-state index contributed by atoms with van der Waals surface area (Å²) in [6.45, 7) is 0. The minimum Gasteiger partial charge on any atom is -0.378 e. The molecule has 0 radical (unpaired) electrons. The number of nitrogens with one attached hydrogen (secondary N) is 1. The van der Waals surface area contributed by atoms with Crippen LogP contribution in [-0.2, 0) is 5.75 Å². The molecule has 32 heavy (non-hydrogen) atoms. The largest absolute Gasteiger partial charge is 0.378 e. The van der Waals surface area contributed by atoms with Crippen molar-refractivity contribution in [2.45, 2.75) is 10.6 Å². The van der Waals surface area contributed by atoms with Gasteiger partial charge in [-0.15, -0.1) is 16.9 Å². The highest BCUT2D eigenvalue weighted by molar-refractivity contribution is 7.98. The minimum absolute atomic E-state index is 0.0189. The van der Waals surface area contributed by atoms with E-state index in [9.17, 15) is 4.79 Å². The Hall–Kier alpha value is -3.41. The zero-order valence-electron chi connectivity index (χ0n) is 16.1. The molecule has 0 saturated carbocycles. The Morgan fingerprint density at radius 3 is 2.72 bits per heavy atom. The molecule has 0 spiro atoms. The second-order valence-corrected chi connectivity index (χ2v) is 8.11. The Morgan fingerprint density at radius 1 is 1.19 bits per heavy atom. The van der Waals surface area contributed by atoms with Gasteiger partial charge in [-0.25, -0.2) is 10.1 Å². The van der Waals surface area contributed by atoms with E-state index in [0.29, 0.717) is 27.1 Å². The van der Waals surface area contributed by atoms with Crippen molar-refractivity contribution >= 4 is 52.9 Å². The molecule has 0 saturated heterocycles. The zero-order chi connectivity index (χ0) is 22.5. The van der Waals surface area contributed by atoms with Crippen LogP contribution < -0.4 is 11.2 Å². The fourth-order valence-electron chi connectivity index (χ4n) is 2.59. The fraction of sp³-hybridized carbons (Fsp3) is 0.0526. The van der Waals surface area contributed by atoms with Gasteiger partial charge in [0.05, 0.1) is 22.0 Å². The summed E-state index contributed by atoms with van der Waals surface area (Å²) < 4.78 is 5.97. The molecule has 1 amide bonds. The fourth-order valence-corrected chi connectivity index (χ4v) is 3.81. The zero-order valence-corrected chi connectivity index (χ0v) is 18.5. The maximum atomic E-state index is 12.8. The van der Waals surface area contributed by atoms with E-state index in [2.05, 4.69) is 35.8 Å². The average Bonchev–Trinajstić information content (AvgIpc) is 3.41. The molecule has 13 heteroatoms. The predicted molar refractivity (Wildman–Crippen MR) is 121 cm³/mol. The maximum Gasteiger partial charge on any atom is 0.293 e. The third kappa shape index (κ3) is 4.90. The van der Waals surface area contributed by atoms with Gasteiger partial charge in [0, 0.05) is 10.6 Å². The lowest BCUT2D eigenvalue weighted by Crippen LogP contribution is -2.20. The highest BCUT2D eigenvalue weighted by atomic mass is 35.5. The number of carbonyl (C=O) groups excluding carboxylic acids is 1. The van der Waals surface area contributed by atoms with Crippen LogP contribution in [0.4, 0.5) is 5.82 Å². The molecule has 3 N–H and O–H groups in total. The number of anilines is 1. The number of carbonyl (C=O) groups is 1. The molecule has 0 aliphatic rings. The lowest BCUT2D eigenvalue weighted by atomic mass is 10.2. The summed E-state index contributed by atoms with van der Waals surface area (Å²) in [6.07, 6.45) is 1.43. The summed E-state index contributed by atoms with van der Waals surface area (Å²) in [5, 5.41) is 20.1. The molecule has 0 unspecified atom stereocenters. The SMILES string of the molecule is Nc1nonc1-n1nnc(C(=O)N/N=C\c2ccc(Cl)c(Cl)c2)c1CSc1ccccc1. The first-order valence-corrected chi connectivity index (χ1v) is 10.8. The van der Waals surface area contributed by atoms with E-state index >= 15 is 0 Å². The Balaban J connectivity index is 1.57. The van der Waals surface area contributed by atoms with Crippen molar-refractivity contribution in [3.8, 4) is 5.82 Å². The second-order valence-electron chi connectivity index (χ2n) is 6.24. The number of thioether (sulfide) groups is 1. The Morgan fingerprint density at radius 2 is 2.00 bits per heavy atom. The van der Waals surface area contributed by atoms with Crippen LogP contribution in [0.1, 0.15) is 21.7 Å². The first-order valence-electron chi connectivity index (χ1n) is 9.02. The lowest BCUT2D eigenvalue weighted by Gasteiger charge is -2.05. The molecule has 0 aliphatic carbocycles. The molecule has 4 rings (SSSR count). The van der Waals surface area contributed by atoms with Crippen molar-refractivity contribution in [3.63, 3.8) is 0 Å². The smallest absolute Gasteiger partial charge is 0.293 e. The van der Waals surface area contributed by atoms with Gasteiger partial charge < -0.3 is 5.73 Å². The molecule has 2 heterocycles. The normalized spacial score (nSPS) is 11.2. The second kappa shape index (κ2) is 9.81. The van der Waals surface area contributed by atoms with E-state index in [1.807, 2.05) is 30.3 Å². The van der Waals surface area contributed by atoms with Crippen molar-refractivity contribution < 1.29 is 9.42 Å². The van der Waals surface area contributed by atoms with E-state index in [1.54, 1.807) is 18.2 Å². The molecule has 10 nitrogen and oxygen atoms in total. The van der Waals surface area contributed by atoms with Gasteiger partial charge in [0.1, 0.15) is 0 Å². The van der Waals surface area contributed by atoms with Crippen molar-refractivity contribution in [1.29, 1.82) is 0 Å². The summed E-state index contributed by atoms with van der Waals surface area (Å²) >= 11 is 13.4. The summed E-state index contributed by atoms with van der Waals surface area (Å²) in [7, 11) is 0. The summed E-state index contributed by atoms with van der Waals surface area (Å²) in [5.41, 5.74) is 9.39. The van der Waals surface area contributed by atoms with Gasteiger partial charge >= 0.3 is 0 Å². The lowest BCUT2D eigenvalue weighted by molar-refractivity contribution is 0.0949. The van der Waals surface area contributed by atoms with Crippen LogP contribution in [0, 0.1) is 0 Å². The Kier molecular flexibility index (Phi) is 6.69. The summed E-state index contributed by atoms with van der Waals surface area (Å²) in [4.78, 5) is 13.8. The first-order chi connectivity index (χ1) is 15.5. The van der Waals surface area contributed by atoms with E-state index in [4.69, 9.17) is 28.9 Å². The Bertz CT molecular complexity index is 1280. The van der Waals surface area contributed by atoms with Crippen LogP contribution >= 0.6 is 35.0 Å². The monoisotopic (exact) mass is 488 g/mol. The van der Waals surface area contributed by atoms with Crippen LogP contribution in [-0.4, -0.2) is 37.4 Å². The van der Waals surface area contributed by atoms with E-state index in [1.165, 1.54) is 22.7 Å². The van der Waals surface area contributed by atoms with Crippen molar-refractivity contribution in [3.05, 3.63) is 75.5 Å². The van der Waals surface area contributed by atoms with Gasteiger partial charge in [-0.2, -0.15) is 9.78 Å². The molecule has 2 aromatic carbocycles. The number of halogens is 2. The standard InChI is InChI=1S/C19H14Cl2N8O2S/c20-13-7-6-11(8-14(13)21)9-23-25-19(30)16-15(10-32-12-4-2-1-3-5-12)29(28-24-16)18-17(22)26-31-27-18/h1-9H,10H2,(H2,22,26)(H,25,30)/b23-9-. The number of amides is 1. The van der Waals surface area contributed by atoms with Crippen LogP contribution in [0.25, 0.3) is 5.82 Å². The van der Waals surface area contributed by atoms with E-state index in [0.717, 1.165) is 4.90 Å². The molecule has 0 bridgehead atoms. The third-order valence-electron chi connectivity index (χ3n) is 4.12. The number of nitrogens with zero attached hydrogens (tertiary/aromatic N) is 6. The molecule has 162 valence electrons. The highest BCUT2D eigenvalue weighted by Crippen LogP contribution is 2.26. The van der Waals surface area contributed by atoms with Crippen molar-refractivity contribution in [1.82, 2.24) is 30.7 Å². The quantitative estimate of drug-likeness (QED) is 0.228. The Labute approximate surface area is 195 Å². The molecule has 2 aromatic heterocycles. The number of hydrazone groups is 1. The van der Waals surface area contributed by atoms with Gasteiger partial charge in [0.2, 0.25) is 11.6 Å². The third-order valence-corrected chi connectivity index (χ3v) is 5.88. The number of nitrogens with two attached hydrogens (primary N) is 1. The van der Waals surface area contributed by atoms with Crippen molar-refractivity contribution in [2.75, 3.05) is 5.73 Å². The van der Waals surface area contributed by atoms with Gasteiger partial charge in [-0.05, 0) is 40.1 Å². The predicted octanol–water partition coefficient (Wildman–Crippen LogP) is 3.60. The molecular formula is C19H14Cl2N8O2S. The van der Waals surface area contributed by atoms with Crippen molar-refractivity contribution in [2.24, 2.45) is 5.10 Å². The summed E-state index contributed by atoms with van der Waals surface area (Å²) in [5.74, 6) is -0.0565. The molecule has 4 aromatic rings. The van der Waals surface area contributed by atoms with E-state index in [-0.39, 0.29) is 17.3 Å². The molecule has 0 fully saturated rings. The molecular weight excluding hydrogens is 475 g/mol. The van der Waals surface area contributed by atoms with Crippen LogP contribution in [0.2, 0.25) is 10.0 Å². The number of aromatic nitrogens is 5. The topological polar surface area (TPSA) is 137 Å². The van der Waals surface area contributed by atoms with Crippen LogP contribution in [0.5, 0.6) is 0 Å². The van der Waals surface area contributed by atoms with Gasteiger partial charge in [-0.3, -0.25) is 4.79 Å². The summed E-state index contributed by atoms with van der Waals surface area (Å²) in [6, 6.07) is 14.6. The number of hydrogen-bond acceptors (Lipinski definition) is 9. The maximum absolute atomic E-state index is 12.8. The first kappa shape index (κ1) is 21.8. The van der Waals surface area contributed by atoms with E-state index < -0.39 is 5.91 Å². The molecule has 0 atom stereocenters.